The number of benzene rings is 1. The molecule has 2 amide bonds. The van der Waals surface area contributed by atoms with E-state index in [1.54, 1.807) is 0 Å². The summed E-state index contributed by atoms with van der Waals surface area (Å²) in [6.45, 7) is 9.13. The van der Waals surface area contributed by atoms with Crippen LogP contribution in [-0.2, 0) is 22.7 Å². The van der Waals surface area contributed by atoms with Crippen LogP contribution in [0.2, 0.25) is 0 Å². The quantitative estimate of drug-likeness (QED) is 0.853. The molecule has 2 aromatic rings. The zero-order valence-electron chi connectivity index (χ0n) is 14.8. The number of amides is 2. The van der Waals surface area contributed by atoms with Gasteiger partial charge in [-0.25, -0.2) is 4.98 Å². The molecular weight excluding hydrogens is 304 g/mol. The summed E-state index contributed by atoms with van der Waals surface area (Å²) in [5, 5.41) is 5.47. The number of aryl methyl sites for hydroxylation is 1. The minimum absolute atomic E-state index is 0.0126. The summed E-state index contributed by atoms with van der Waals surface area (Å²) in [6.07, 6.45) is 0.395. The highest BCUT2D eigenvalue weighted by Gasteiger charge is 2.16. The van der Waals surface area contributed by atoms with Crippen molar-refractivity contribution in [2.45, 2.75) is 47.2 Å². The predicted octanol–water partition coefficient (Wildman–Crippen LogP) is 2.22. The van der Waals surface area contributed by atoms with Crippen LogP contribution in [0.4, 0.5) is 0 Å². The van der Waals surface area contributed by atoms with E-state index in [-0.39, 0.29) is 23.8 Å². The second kappa shape index (κ2) is 7.47. The molecule has 0 saturated heterocycles. The third-order valence-electron chi connectivity index (χ3n) is 3.63. The molecule has 0 atom stereocenters. The van der Waals surface area contributed by atoms with Gasteiger partial charge >= 0.3 is 0 Å². The highest BCUT2D eigenvalue weighted by Crippen LogP contribution is 2.17. The van der Waals surface area contributed by atoms with Gasteiger partial charge in [0.15, 0.2) is 0 Å². The van der Waals surface area contributed by atoms with Gasteiger partial charge in [-0.1, -0.05) is 32.9 Å². The normalized spacial score (nSPS) is 11.5. The number of para-hydroxylation sites is 2. The van der Waals surface area contributed by atoms with Crippen LogP contribution in [-0.4, -0.2) is 27.9 Å². The van der Waals surface area contributed by atoms with Gasteiger partial charge in [0.1, 0.15) is 5.82 Å². The predicted molar refractivity (Wildman–Crippen MR) is 94.3 cm³/mol. The average molecular weight is 330 g/mol. The van der Waals surface area contributed by atoms with E-state index in [9.17, 15) is 9.59 Å². The van der Waals surface area contributed by atoms with E-state index in [4.69, 9.17) is 0 Å². The number of carbonyl (C=O) groups is 2. The van der Waals surface area contributed by atoms with E-state index in [1.165, 1.54) is 0 Å². The van der Waals surface area contributed by atoms with Gasteiger partial charge in [0.2, 0.25) is 11.8 Å². The SMILES string of the molecule is CCn1c(CNC(=O)CNC(=O)CC(C)(C)C)nc2ccccc21. The standard InChI is InChI=1S/C18H26N4O2/c1-5-22-14-9-7-6-8-13(14)21-15(22)11-19-17(24)12-20-16(23)10-18(2,3)4/h6-9H,5,10-12H2,1-4H3,(H,19,24)(H,20,23). The Kier molecular flexibility index (Phi) is 5.59. The molecule has 1 aromatic heterocycles. The maximum atomic E-state index is 11.9. The van der Waals surface area contributed by atoms with Crippen LogP contribution >= 0.6 is 0 Å². The van der Waals surface area contributed by atoms with Crippen LogP contribution in [0.3, 0.4) is 0 Å². The van der Waals surface area contributed by atoms with E-state index in [1.807, 2.05) is 52.0 Å². The van der Waals surface area contributed by atoms with Crippen molar-refractivity contribution < 1.29 is 9.59 Å². The zero-order chi connectivity index (χ0) is 17.7. The molecule has 6 nitrogen and oxygen atoms in total. The van der Waals surface area contributed by atoms with Crippen LogP contribution in [0.5, 0.6) is 0 Å². The lowest BCUT2D eigenvalue weighted by Gasteiger charge is -2.17. The fourth-order valence-electron chi connectivity index (χ4n) is 2.58. The Morgan fingerprint density at radius 1 is 1.12 bits per heavy atom. The lowest BCUT2D eigenvalue weighted by molar-refractivity contribution is -0.127. The summed E-state index contributed by atoms with van der Waals surface area (Å²) in [6, 6.07) is 7.90. The lowest BCUT2D eigenvalue weighted by Crippen LogP contribution is -2.38. The van der Waals surface area contributed by atoms with Gasteiger partial charge in [-0.15, -0.1) is 0 Å². The molecule has 0 unspecified atom stereocenters. The van der Waals surface area contributed by atoms with Gasteiger partial charge in [-0.2, -0.15) is 0 Å². The van der Waals surface area contributed by atoms with Crippen molar-refractivity contribution in [3.63, 3.8) is 0 Å². The molecular formula is C18H26N4O2. The van der Waals surface area contributed by atoms with Crippen molar-refractivity contribution >= 4 is 22.8 Å². The summed E-state index contributed by atoms with van der Waals surface area (Å²) in [5.41, 5.74) is 1.89. The summed E-state index contributed by atoms with van der Waals surface area (Å²) < 4.78 is 2.08. The molecule has 1 aromatic carbocycles. The Labute approximate surface area is 142 Å². The van der Waals surface area contributed by atoms with E-state index in [2.05, 4.69) is 20.2 Å². The fourth-order valence-corrected chi connectivity index (χ4v) is 2.58. The lowest BCUT2D eigenvalue weighted by atomic mass is 9.92. The number of fused-ring (bicyclic) bond motifs is 1. The first-order chi connectivity index (χ1) is 11.3. The monoisotopic (exact) mass is 330 g/mol. The van der Waals surface area contributed by atoms with E-state index < -0.39 is 0 Å². The summed E-state index contributed by atoms with van der Waals surface area (Å²) in [4.78, 5) is 28.2. The first-order valence-corrected chi connectivity index (χ1v) is 8.27. The van der Waals surface area contributed by atoms with Gasteiger partial charge in [0.25, 0.3) is 0 Å². The Bertz CT molecular complexity index is 728. The average Bonchev–Trinajstić information content (AvgIpc) is 2.86. The third kappa shape index (κ3) is 4.81. The molecule has 6 heteroatoms. The first-order valence-electron chi connectivity index (χ1n) is 8.27. The topological polar surface area (TPSA) is 76.0 Å². The van der Waals surface area contributed by atoms with Crippen LogP contribution in [0.25, 0.3) is 11.0 Å². The van der Waals surface area contributed by atoms with Crippen LogP contribution in [0.1, 0.15) is 39.9 Å². The summed E-state index contributed by atoms with van der Waals surface area (Å²) in [5.74, 6) is 0.485. The molecule has 2 N–H and O–H groups in total. The summed E-state index contributed by atoms with van der Waals surface area (Å²) in [7, 11) is 0. The van der Waals surface area contributed by atoms with Crippen LogP contribution in [0, 0.1) is 5.41 Å². The van der Waals surface area contributed by atoms with E-state index in [0.717, 1.165) is 23.4 Å². The van der Waals surface area contributed by atoms with Crippen molar-refractivity contribution in [1.82, 2.24) is 20.2 Å². The van der Waals surface area contributed by atoms with Gasteiger partial charge in [-0.3, -0.25) is 9.59 Å². The second-order valence-electron chi connectivity index (χ2n) is 7.05. The number of aromatic nitrogens is 2. The highest BCUT2D eigenvalue weighted by atomic mass is 16.2. The van der Waals surface area contributed by atoms with Crippen molar-refractivity contribution in [2.75, 3.05) is 6.54 Å². The molecule has 2 rings (SSSR count). The Morgan fingerprint density at radius 3 is 2.50 bits per heavy atom. The third-order valence-corrected chi connectivity index (χ3v) is 3.63. The number of hydrogen-bond acceptors (Lipinski definition) is 3. The molecule has 0 spiro atoms. The molecule has 1 heterocycles. The molecule has 0 aliphatic rings. The van der Waals surface area contributed by atoms with E-state index in [0.29, 0.717) is 13.0 Å². The van der Waals surface area contributed by atoms with Gasteiger partial charge in [0, 0.05) is 13.0 Å². The minimum Gasteiger partial charge on any atom is -0.347 e. The molecule has 0 bridgehead atoms. The molecule has 0 aliphatic heterocycles. The van der Waals surface area contributed by atoms with Gasteiger partial charge in [-0.05, 0) is 24.5 Å². The molecule has 0 radical (unpaired) electrons. The Morgan fingerprint density at radius 2 is 1.83 bits per heavy atom. The van der Waals surface area contributed by atoms with Gasteiger partial charge in [0.05, 0.1) is 24.1 Å². The number of imidazole rings is 1. The van der Waals surface area contributed by atoms with Crippen molar-refractivity contribution in [3.05, 3.63) is 30.1 Å². The van der Waals surface area contributed by atoms with Crippen LogP contribution in [0.15, 0.2) is 24.3 Å². The number of carbonyl (C=O) groups excluding carboxylic acids is 2. The Hall–Kier alpha value is -2.37. The number of hydrogen-bond donors (Lipinski definition) is 2. The van der Waals surface area contributed by atoms with Crippen molar-refractivity contribution in [2.24, 2.45) is 5.41 Å². The molecule has 130 valence electrons. The second-order valence-corrected chi connectivity index (χ2v) is 7.05. The Balaban J connectivity index is 1.89. The maximum absolute atomic E-state index is 11.9. The molecule has 0 aliphatic carbocycles. The van der Waals surface area contributed by atoms with E-state index >= 15 is 0 Å². The smallest absolute Gasteiger partial charge is 0.239 e. The first kappa shape index (κ1) is 18.0. The number of rotatable bonds is 6. The zero-order valence-corrected chi connectivity index (χ0v) is 14.8. The maximum Gasteiger partial charge on any atom is 0.239 e. The fraction of sp³-hybridized carbons (Fsp3) is 0.500. The molecule has 24 heavy (non-hydrogen) atoms. The number of nitrogens with zero attached hydrogens (tertiary/aromatic N) is 2. The molecule has 0 saturated carbocycles. The number of nitrogens with one attached hydrogen (secondary N) is 2. The largest absolute Gasteiger partial charge is 0.347 e. The highest BCUT2D eigenvalue weighted by molar-refractivity contribution is 5.85. The molecule has 0 fully saturated rings. The van der Waals surface area contributed by atoms with Crippen molar-refractivity contribution in [3.8, 4) is 0 Å². The minimum atomic E-state index is -0.216. The van der Waals surface area contributed by atoms with Crippen LogP contribution < -0.4 is 10.6 Å². The summed E-state index contributed by atoms with van der Waals surface area (Å²) >= 11 is 0. The van der Waals surface area contributed by atoms with Crippen molar-refractivity contribution in [1.29, 1.82) is 0 Å². The van der Waals surface area contributed by atoms with Gasteiger partial charge < -0.3 is 15.2 Å².